The van der Waals surface area contributed by atoms with Gasteiger partial charge in [0.1, 0.15) is 11.5 Å². The average molecular weight is 526 g/mol. The highest BCUT2D eigenvalue weighted by molar-refractivity contribution is 6.32. The maximum absolute atomic E-state index is 10.0. The van der Waals surface area contributed by atoms with Gasteiger partial charge in [0.15, 0.2) is 0 Å². The zero-order valence-corrected chi connectivity index (χ0v) is 22.3. The number of rotatable bonds is 5. The second-order valence-corrected chi connectivity index (χ2v) is 10.8. The molecule has 0 fully saturated rings. The van der Waals surface area contributed by atoms with Gasteiger partial charge in [-0.1, -0.05) is 97.2 Å². The third kappa shape index (κ3) is 4.63. The Labute approximate surface area is 221 Å². The molecule has 4 aromatic rings. The van der Waals surface area contributed by atoms with Gasteiger partial charge in [-0.3, -0.25) is 0 Å². The van der Waals surface area contributed by atoms with Crippen molar-refractivity contribution < 1.29 is 10.2 Å². The Bertz CT molecular complexity index is 1340. The molecule has 4 aromatic carbocycles. The molecule has 0 aliphatic rings. The van der Waals surface area contributed by atoms with Crippen LogP contribution in [0.3, 0.4) is 0 Å². The molecule has 0 spiro atoms. The Kier molecular flexibility index (Phi) is 6.85. The summed E-state index contributed by atoms with van der Waals surface area (Å²) in [6.45, 7) is 8.37. The molecule has 5 heteroatoms. The molecule has 35 heavy (non-hydrogen) atoms. The van der Waals surface area contributed by atoms with Crippen LogP contribution in [0.5, 0.6) is 11.5 Å². The second kappa shape index (κ2) is 9.43. The highest BCUT2D eigenvalue weighted by Gasteiger charge is 2.33. The molecule has 0 bridgehead atoms. The van der Waals surface area contributed by atoms with Crippen molar-refractivity contribution in [2.75, 3.05) is 0 Å². The summed E-state index contributed by atoms with van der Waals surface area (Å²) in [5.74, 6) is 0.117. The van der Waals surface area contributed by atoms with Crippen molar-refractivity contribution in [1.82, 2.24) is 0 Å². The van der Waals surface area contributed by atoms with Gasteiger partial charge in [-0.2, -0.15) is 0 Å². The van der Waals surface area contributed by atoms with Crippen molar-refractivity contribution in [3.63, 3.8) is 0 Å². The number of halogens is 3. The van der Waals surface area contributed by atoms with Gasteiger partial charge in [-0.15, -0.1) is 0 Å². The minimum atomic E-state index is -0.570. The van der Waals surface area contributed by atoms with Crippen molar-refractivity contribution in [3.05, 3.63) is 127 Å². The molecule has 180 valence electrons. The Balaban J connectivity index is 1.84. The van der Waals surface area contributed by atoms with Crippen molar-refractivity contribution in [1.29, 1.82) is 0 Å². The fourth-order valence-corrected chi connectivity index (χ4v) is 5.05. The van der Waals surface area contributed by atoms with Gasteiger partial charge in [0, 0.05) is 15.9 Å². The molecule has 0 radical (unpaired) electrons. The molecule has 0 amide bonds. The van der Waals surface area contributed by atoms with Crippen molar-refractivity contribution in [3.8, 4) is 11.5 Å². The number of hydrogen-bond acceptors (Lipinski definition) is 2. The van der Waals surface area contributed by atoms with Crippen LogP contribution in [0.4, 0.5) is 0 Å². The van der Waals surface area contributed by atoms with Crippen LogP contribution in [0.15, 0.2) is 78.9 Å². The normalized spacial score (nSPS) is 13.5. The van der Waals surface area contributed by atoms with Gasteiger partial charge in [0.05, 0.1) is 10.0 Å². The van der Waals surface area contributed by atoms with E-state index in [1.165, 1.54) is 0 Å². The number of aromatic hydroxyl groups is 2. The van der Waals surface area contributed by atoms with Gasteiger partial charge < -0.3 is 10.2 Å². The maximum Gasteiger partial charge on any atom is 0.134 e. The highest BCUT2D eigenvalue weighted by Crippen LogP contribution is 2.43. The van der Waals surface area contributed by atoms with Gasteiger partial charge >= 0.3 is 0 Å². The second-order valence-electron chi connectivity index (χ2n) is 9.62. The Hall–Kier alpha value is -2.65. The third-order valence-electron chi connectivity index (χ3n) is 7.13. The molecular formula is C30H27Cl3O2. The van der Waals surface area contributed by atoms with E-state index in [1.54, 1.807) is 18.2 Å². The fraction of sp³-hybridized carbons (Fsp3) is 0.200. The molecule has 2 N–H and O–H groups in total. The highest BCUT2D eigenvalue weighted by atomic mass is 35.5. The molecule has 0 aromatic heterocycles. The third-order valence-corrected chi connectivity index (χ3v) is 8.14. The van der Waals surface area contributed by atoms with E-state index in [9.17, 15) is 10.2 Å². The molecule has 0 aliphatic heterocycles. The maximum atomic E-state index is 10.0. The quantitative estimate of drug-likeness (QED) is 0.255. The molecule has 0 saturated heterocycles. The number of hydrogen-bond donors (Lipinski definition) is 2. The van der Waals surface area contributed by atoms with Crippen LogP contribution in [0, 0.1) is 6.92 Å². The van der Waals surface area contributed by atoms with Crippen molar-refractivity contribution >= 4 is 34.8 Å². The number of phenolic OH excluding ortho intramolecular Hbond substituents is 2. The van der Waals surface area contributed by atoms with E-state index >= 15 is 0 Å². The summed E-state index contributed by atoms with van der Waals surface area (Å²) in [6.07, 6.45) is 0. The number of benzene rings is 4. The van der Waals surface area contributed by atoms with Gasteiger partial charge in [-0.25, -0.2) is 0 Å². The first-order chi connectivity index (χ1) is 16.4. The lowest BCUT2D eigenvalue weighted by Gasteiger charge is -2.33. The smallest absolute Gasteiger partial charge is 0.134 e. The molecule has 0 aliphatic carbocycles. The van der Waals surface area contributed by atoms with Gasteiger partial charge in [0.2, 0.25) is 0 Å². The summed E-state index contributed by atoms with van der Waals surface area (Å²) in [5, 5.41) is 21.2. The zero-order valence-electron chi connectivity index (χ0n) is 20.0. The van der Waals surface area contributed by atoms with Crippen molar-refractivity contribution in [2.45, 2.75) is 38.5 Å². The number of aryl methyl sites for hydroxylation is 1. The van der Waals surface area contributed by atoms with E-state index in [-0.39, 0.29) is 16.9 Å². The summed E-state index contributed by atoms with van der Waals surface area (Å²) < 4.78 is 0. The molecule has 4 rings (SSSR count). The lowest BCUT2D eigenvalue weighted by molar-refractivity contribution is 0.474. The SMILES string of the molecule is Cc1ccc(C(C)(c2ccc(C(C)(C)c3ccc(O)c(Cl)c3)cc2)c2ccc(O)c(Cl)c2)cc1Cl. The summed E-state index contributed by atoms with van der Waals surface area (Å²) >= 11 is 19.0. The first kappa shape index (κ1) is 25.4. The topological polar surface area (TPSA) is 40.5 Å². The van der Waals surface area contributed by atoms with Crippen LogP contribution in [0.1, 0.15) is 54.2 Å². The van der Waals surface area contributed by atoms with Crippen molar-refractivity contribution in [2.24, 2.45) is 0 Å². The predicted molar refractivity (Wildman–Crippen MR) is 147 cm³/mol. The van der Waals surface area contributed by atoms with E-state index in [0.717, 1.165) is 33.4 Å². The standard InChI is InChI=1S/C30H27Cl3O2/c1-18-5-6-22(16-24(18)31)30(4,23-12-14-28(35)26(33)17-23)20-9-7-19(8-10-20)29(2,3)21-11-13-27(34)25(32)15-21/h5-17,34-35H,1-4H3. The van der Waals surface area contributed by atoms with E-state index in [0.29, 0.717) is 15.1 Å². The Morgan fingerprint density at radius 2 is 0.914 bits per heavy atom. The van der Waals surface area contributed by atoms with Crippen LogP contribution in [-0.2, 0) is 10.8 Å². The first-order valence-electron chi connectivity index (χ1n) is 11.3. The van der Waals surface area contributed by atoms with E-state index in [2.05, 4.69) is 51.1 Å². The molecule has 1 unspecified atom stereocenters. The molecular weight excluding hydrogens is 499 g/mol. The van der Waals surface area contributed by atoms with Crippen LogP contribution < -0.4 is 0 Å². The number of phenols is 2. The van der Waals surface area contributed by atoms with E-state index in [4.69, 9.17) is 34.8 Å². The zero-order chi connectivity index (χ0) is 25.5. The molecule has 2 nitrogen and oxygen atoms in total. The Morgan fingerprint density at radius 1 is 0.514 bits per heavy atom. The summed E-state index contributed by atoms with van der Waals surface area (Å²) in [4.78, 5) is 0. The van der Waals surface area contributed by atoms with E-state index in [1.807, 2.05) is 37.3 Å². The van der Waals surface area contributed by atoms with Crippen LogP contribution >= 0.6 is 34.8 Å². The lowest BCUT2D eigenvalue weighted by atomic mass is 9.70. The molecule has 0 heterocycles. The Morgan fingerprint density at radius 3 is 1.43 bits per heavy atom. The van der Waals surface area contributed by atoms with Gasteiger partial charge in [-0.05, 0) is 77.6 Å². The van der Waals surface area contributed by atoms with Gasteiger partial charge in [0.25, 0.3) is 0 Å². The summed E-state index contributed by atoms with van der Waals surface area (Å²) in [7, 11) is 0. The van der Waals surface area contributed by atoms with Crippen LogP contribution in [-0.4, -0.2) is 10.2 Å². The molecule has 0 saturated carbocycles. The monoisotopic (exact) mass is 524 g/mol. The largest absolute Gasteiger partial charge is 0.506 e. The van der Waals surface area contributed by atoms with Crippen LogP contribution in [0.25, 0.3) is 0 Å². The first-order valence-corrected chi connectivity index (χ1v) is 12.4. The summed E-state index contributed by atoms with van der Waals surface area (Å²) in [6, 6.07) is 25.2. The van der Waals surface area contributed by atoms with Crippen LogP contribution in [0.2, 0.25) is 15.1 Å². The van der Waals surface area contributed by atoms with E-state index < -0.39 is 5.41 Å². The fourth-order valence-electron chi connectivity index (χ4n) is 4.50. The predicted octanol–water partition coefficient (Wildman–Crippen LogP) is 9.05. The average Bonchev–Trinajstić information content (AvgIpc) is 2.83. The minimum absolute atomic E-state index is 0.0457. The molecule has 1 atom stereocenters. The lowest BCUT2D eigenvalue weighted by Crippen LogP contribution is -2.26. The summed E-state index contributed by atoms with van der Waals surface area (Å²) in [5.41, 5.74) is 5.24. The minimum Gasteiger partial charge on any atom is -0.506 e.